The number of carbonyl (C=O) groups excluding carboxylic acids is 2. The number of carbonyl (C=O) groups is 2. The summed E-state index contributed by atoms with van der Waals surface area (Å²) in [6.45, 7) is 2.19. The summed E-state index contributed by atoms with van der Waals surface area (Å²) in [6, 6.07) is 14.3. The molecule has 0 saturated heterocycles. The fourth-order valence-corrected chi connectivity index (χ4v) is 5.14. The molecule has 1 heterocycles. The van der Waals surface area contributed by atoms with Crippen LogP contribution < -0.4 is 14.8 Å². The molecule has 192 valence electrons. The Hall–Kier alpha value is -3.36. The van der Waals surface area contributed by atoms with E-state index < -0.39 is 24.2 Å². The lowest BCUT2D eigenvalue weighted by molar-refractivity contribution is -0.137. The van der Waals surface area contributed by atoms with E-state index in [-0.39, 0.29) is 25.0 Å². The zero-order valence-electron chi connectivity index (χ0n) is 20.7. The van der Waals surface area contributed by atoms with Crippen LogP contribution in [0.2, 0.25) is 0 Å². The number of rotatable bonds is 10. The summed E-state index contributed by atoms with van der Waals surface area (Å²) in [6.07, 6.45) is 1.47. The summed E-state index contributed by atoms with van der Waals surface area (Å²) in [4.78, 5) is 28.2. The molecule has 1 aliphatic carbocycles. The fraction of sp³-hybridized carbons (Fsp3) is 0.429. The first-order chi connectivity index (χ1) is 17.5. The van der Waals surface area contributed by atoms with Gasteiger partial charge in [-0.15, -0.1) is 0 Å². The summed E-state index contributed by atoms with van der Waals surface area (Å²) in [5, 5.41) is 23.5. The summed E-state index contributed by atoms with van der Waals surface area (Å²) in [7, 11) is 1.61. The van der Waals surface area contributed by atoms with Crippen LogP contribution in [-0.4, -0.2) is 72.0 Å². The van der Waals surface area contributed by atoms with Crippen molar-refractivity contribution in [1.29, 1.82) is 0 Å². The maximum absolute atomic E-state index is 13.3. The second-order valence-corrected chi connectivity index (χ2v) is 9.08. The number of hydrogen-bond donors (Lipinski definition) is 3. The zero-order valence-corrected chi connectivity index (χ0v) is 20.7. The largest absolute Gasteiger partial charge is 0.496 e. The van der Waals surface area contributed by atoms with Crippen LogP contribution in [0.15, 0.2) is 60.2 Å². The second-order valence-electron chi connectivity index (χ2n) is 9.08. The van der Waals surface area contributed by atoms with E-state index in [9.17, 15) is 19.8 Å². The second kappa shape index (κ2) is 11.6. The normalized spacial score (nSPS) is 22.1. The number of methoxy groups -OCH3 is 1. The van der Waals surface area contributed by atoms with Gasteiger partial charge in [-0.25, -0.2) is 0 Å². The van der Waals surface area contributed by atoms with Crippen molar-refractivity contribution in [2.45, 2.75) is 50.4 Å². The molecular weight excluding hydrogens is 460 g/mol. The molecular formula is C28H34N2O6. The molecule has 0 bridgehead atoms. The predicted octanol–water partition coefficient (Wildman–Crippen LogP) is 2.19. The molecule has 2 aromatic rings. The predicted molar refractivity (Wildman–Crippen MR) is 135 cm³/mol. The molecule has 2 aromatic carbocycles. The van der Waals surface area contributed by atoms with E-state index >= 15 is 0 Å². The van der Waals surface area contributed by atoms with Crippen molar-refractivity contribution >= 4 is 11.8 Å². The van der Waals surface area contributed by atoms with Gasteiger partial charge in [-0.05, 0) is 36.6 Å². The van der Waals surface area contributed by atoms with Crippen LogP contribution >= 0.6 is 0 Å². The van der Waals surface area contributed by atoms with Crippen LogP contribution in [0, 0.1) is 0 Å². The van der Waals surface area contributed by atoms with E-state index in [4.69, 9.17) is 9.47 Å². The van der Waals surface area contributed by atoms with E-state index in [1.54, 1.807) is 18.1 Å². The Morgan fingerprint density at radius 1 is 1.14 bits per heavy atom. The standard InChI is InChI=1S/C28H34N2O6/c1-3-8-24(32)30(15-13-18-9-4-6-11-22(18)35-2)21-17-20(28(34)29-14-16-31)25-19-10-5-7-12-23(19)36-27(25)26(21)33/h4-7,9-12,17,21,25-27,31,33H,3,8,13-16H2,1-2H3,(H,29,34). The molecule has 36 heavy (non-hydrogen) atoms. The average molecular weight is 495 g/mol. The van der Waals surface area contributed by atoms with Crippen molar-refractivity contribution in [2.75, 3.05) is 26.8 Å². The highest BCUT2D eigenvalue weighted by atomic mass is 16.5. The van der Waals surface area contributed by atoms with Crippen LogP contribution in [0.25, 0.3) is 0 Å². The molecule has 2 aliphatic rings. The number of ether oxygens (including phenoxy) is 2. The third-order valence-corrected chi connectivity index (χ3v) is 6.84. The number of benzene rings is 2. The van der Waals surface area contributed by atoms with Gasteiger partial charge in [0.05, 0.1) is 25.7 Å². The van der Waals surface area contributed by atoms with E-state index in [2.05, 4.69) is 5.32 Å². The number of hydrogen-bond acceptors (Lipinski definition) is 6. The van der Waals surface area contributed by atoms with Gasteiger partial charge in [-0.1, -0.05) is 43.3 Å². The molecule has 0 aromatic heterocycles. The van der Waals surface area contributed by atoms with Crippen LogP contribution in [0.1, 0.15) is 36.8 Å². The zero-order chi connectivity index (χ0) is 25.7. The smallest absolute Gasteiger partial charge is 0.247 e. The first-order valence-electron chi connectivity index (χ1n) is 12.5. The van der Waals surface area contributed by atoms with Gasteiger partial charge in [-0.2, -0.15) is 0 Å². The fourth-order valence-electron chi connectivity index (χ4n) is 5.14. The molecule has 0 radical (unpaired) electrons. The van der Waals surface area contributed by atoms with Crippen LogP contribution in [0.4, 0.5) is 0 Å². The molecule has 0 spiro atoms. The summed E-state index contributed by atoms with van der Waals surface area (Å²) < 4.78 is 11.6. The third kappa shape index (κ3) is 5.10. The molecule has 4 atom stereocenters. The minimum absolute atomic E-state index is 0.100. The molecule has 8 nitrogen and oxygen atoms in total. The molecule has 8 heteroatoms. The Bertz CT molecular complexity index is 1120. The van der Waals surface area contributed by atoms with Gasteiger partial charge < -0.3 is 29.9 Å². The summed E-state index contributed by atoms with van der Waals surface area (Å²) in [5.74, 6) is 0.441. The molecule has 4 rings (SSSR count). The van der Waals surface area contributed by atoms with E-state index in [0.29, 0.717) is 37.1 Å². The van der Waals surface area contributed by atoms with Crippen molar-refractivity contribution in [3.63, 3.8) is 0 Å². The third-order valence-electron chi connectivity index (χ3n) is 6.84. The minimum Gasteiger partial charge on any atom is -0.496 e. The van der Waals surface area contributed by atoms with Crippen molar-refractivity contribution in [3.05, 3.63) is 71.3 Å². The molecule has 2 amide bonds. The lowest BCUT2D eigenvalue weighted by atomic mass is 9.77. The average Bonchev–Trinajstić information content (AvgIpc) is 3.29. The maximum atomic E-state index is 13.3. The van der Waals surface area contributed by atoms with E-state index in [1.165, 1.54) is 0 Å². The Balaban J connectivity index is 1.70. The quantitative estimate of drug-likeness (QED) is 0.467. The SMILES string of the molecule is CCCC(=O)N(CCc1ccccc1OC)C1C=C(C(=O)NCCO)C2c3ccccc3OC2C1O. The molecule has 1 aliphatic heterocycles. The number of fused-ring (bicyclic) bond motifs is 3. The van der Waals surface area contributed by atoms with Gasteiger partial charge >= 0.3 is 0 Å². The minimum atomic E-state index is -1.03. The van der Waals surface area contributed by atoms with E-state index in [1.807, 2.05) is 55.5 Å². The van der Waals surface area contributed by atoms with Crippen molar-refractivity contribution in [1.82, 2.24) is 10.2 Å². The molecule has 4 unspecified atom stereocenters. The van der Waals surface area contributed by atoms with Gasteiger partial charge in [0.1, 0.15) is 23.7 Å². The lowest BCUT2D eigenvalue weighted by Crippen LogP contribution is -2.56. The Kier molecular flexibility index (Phi) is 8.28. The first-order valence-corrected chi connectivity index (χ1v) is 12.5. The monoisotopic (exact) mass is 494 g/mol. The molecule has 0 fully saturated rings. The topological polar surface area (TPSA) is 108 Å². The maximum Gasteiger partial charge on any atom is 0.247 e. The van der Waals surface area contributed by atoms with E-state index in [0.717, 1.165) is 16.9 Å². The van der Waals surface area contributed by atoms with Crippen LogP contribution in [-0.2, 0) is 16.0 Å². The first kappa shape index (κ1) is 25.7. The van der Waals surface area contributed by atoms with Crippen molar-refractivity contribution in [3.8, 4) is 11.5 Å². The van der Waals surface area contributed by atoms with Gasteiger partial charge in [0.2, 0.25) is 11.8 Å². The van der Waals surface area contributed by atoms with Gasteiger partial charge in [0.25, 0.3) is 0 Å². The molecule has 0 saturated carbocycles. The van der Waals surface area contributed by atoms with Gasteiger partial charge in [0, 0.05) is 30.6 Å². The highest BCUT2D eigenvalue weighted by Gasteiger charge is 2.50. The summed E-state index contributed by atoms with van der Waals surface area (Å²) >= 11 is 0. The van der Waals surface area contributed by atoms with Crippen molar-refractivity contribution in [2.24, 2.45) is 0 Å². The number of amides is 2. The Labute approximate surface area is 211 Å². The number of para-hydroxylation sites is 2. The highest BCUT2D eigenvalue weighted by Crippen LogP contribution is 2.47. The number of aliphatic hydroxyl groups is 2. The van der Waals surface area contributed by atoms with Gasteiger partial charge in [-0.3, -0.25) is 9.59 Å². The highest BCUT2D eigenvalue weighted by molar-refractivity contribution is 5.96. The lowest BCUT2D eigenvalue weighted by Gasteiger charge is -2.41. The number of nitrogens with zero attached hydrogens (tertiary/aromatic N) is 1. The van der Waals surface area contributed by atoms with Crippen LogP contribution in [0.5, 0.6) is 11.5 Å². The number of aliphatic hydroxyl groups excluding tert-OH is 2. The Morgan fingerprint density at radius 2 is 1.89 bits per heavy atom. The Morgan fingerprint density at radius 3 is 2.64 bits per heavy atom. The number of nitrogens with one attached hydrogen (secondary N) is 1. The van der Waals surface area contributed by atoms with Crippen molar-refractivity contribution < 1.29 is 29.3 Å². The molecule has 3 N–H and O–H groups in total. The van der Waals surface area contributed by atoms with Crippen LogP contribution in [0.3, 0.4) is 0 Å². The summed E-state index contributed by atoms with van der Waals surface area (Å²) in [5.41, 5.74) is 2.21. The van der Waals surface area contributed by atoms with Gasteiger partial charge in [0.15, 0.2) is 0 Å².